The van der Waals surface area contributed by atoms with E-state index in [0.29, 0.717) is 22.9 Å². The molecule has 154 valence electrons. The number of benzene rings is 1. The fraction of sp³-hybridized carbons (Fsp3) is 0.389. The summed E-state index contributed by atoms with van der Waals surface area (Å²) in [5.41, 5.74) is 1.66. The summed E-state index contributed by atoms with van der Waals surface area (Å²) >= 11 is 3.50. The van der Waals surface area contributed by atoms with E-state index in [1.165, 1.54) is 18.6 Å². The van der Waals surface area contributed by atoms with Crippen molar-refractivity contribution in [3.05, 3.63) is 34.4 Å². The van der Waals surface area contributed by atoms with E-state index in [1.807, 2.05) is 7.05 Å². The van der Waals surface area contributed by atoms with Crippen LogP contribution in [0.25, 0.3) is 11.0 Å². The van der Waals surface area contributed by atoms with E-state index in [9.17, 15) is 8.42 Å². The van der Waals surface area contributed by atoms with E-state index in [4.69, 9.17) is 15.1 Å². The summed E-state index contributed by atoms with van der Waals surface area (Å²) in [6.07, 6.45) is 3.50. The van der Waals surface area contributed by atoms with Crippen LogP contribution in [0, 0.1) is 0 Å². The van der Waals surface area contributed by atoms with Crippen molar-refractivity contribution in [3.8, 4) is 0 Å². The number of nitrogens with one attached hydrogen (secondary N) is 1. The topological polar surface area (TPSA) is 119 Å². The Morgan fingerprint density at radius 3 is 2.48 bits per heavy atom. The third-order valence-corrected chi connectivity index (χ3v) is 6.46. The van der Waals surface area contributed by atoms with E-state index in [1.54, 1.807) is 16.8 Å². The first kappa shape index (κ1) is 20.0. The predicted molar refractivity (Wildman–Crippen MR) is 115 cm³/mol. The Hall–Kier alpha value is -2.24. The first-order valence-electron chi connectivity index (χ1n) is 9.34. The Labute approximate surface area is 177 Å². The Balaban J connectivity index is 1.65. The zero-order chi connectivity index (χ0) is 20.6. The van der Waals surface area contributed by atoms with Crippen LogP contribution >= 0.6 is 15.9 Å². The lowest BCUT2D eigenvalue weighted by atomic mass is 10.1. The molecule has 3 heterocycles. The molecule has 9 nitrogen and oxygen atoms in total. The molecule has 1 aliphatic rings. The van der Waals surface area contributed by atoms with Crippen molar-refractivity contribution in [1.82, 2.24) is 19.7 Å². The van der Waals surface area contributed by atoms with Gasteiger partial charge in [-0.3, -0.25) is 0 Å². The van der Waals surface area contributed by atoms with Gasteiger partial charge in [-0.1, -0.05) is 12.1 Å². The monoisotopic (exact) mass is 479 g/mol. The molecule has 1 saturated heterocycles. The number of anilines is 2. The summed E-state index contributed by atoms with van der Waals surface area (Å²) in [6.45, 7) is 2.36. The van der Waals surface area contributed by atoms with Crippen LogP contribution in [0.3, 0.4) is 0 Å². The maximum Gasteiger partial charge on any atom is 0.238 e. The number of aromatic nitrogens is 4. The average molecular weight is 480 g/mol. The van der Waals surface area contributed by atoms with Crippen LogP contribution in [0.4, 0.5) is 11.8 Å². The van der Waals surface area contributed by atoms with Gasteiger partial charge in [0.2, 0.25) is 16.0 Å². The van der Waals surface area contributed by atoms with Crippen molar-refractivity contribution in [2.75, 3.05) is 23.3 Å². The van der Waals surface area contributed by atoms with Crippen LogP contribution in [0.2, 0.25) is 0 Å². The highest BCUT2D eigenvalue weighted by atomic mass is 79.9. The molecule has 0 atom stereocenters. The molecule has 0 unspecified atom stereocenters. The van der Waals surface area contributed by atoms with Crippen LogP contribution < -0.4 is 15.4 Å². The highest BCUT2D eigenvalue weighted by Gasteiger charge is 2.20. The summed E-state index contributed by atoms with van der Waals surface area (Å²) in [5.74, 6) is 1.38. The molecule has 2 aromatic heterocycles. The molecular formula is C18H22BrN7O2S. The first-order valence-corrected chi connectivity index (χ1v) is 11.7. The summed E-state index contributed by atoms with van der Waals surface area (Å²) < 4.78 is 25.3. The molecule has 4 rings (SSSR count). The molecule has 1 aliphatic heterocycles. The molecule has 0 saturated carbocycles. The number of aryl methyl sites for hydroxylation is 1. The van der Waals surface area contributed by atoms with Crippen molar-refractivity contribution >= 4 is 48.8 Å². The normalized spacial score (nSPS) is 15.1. The highest BCUT2D eigenvalue weighted by molar-refractivity contribution is 9.10. The molecule has 0 aliphatic carbocycles. The van der Waals surface area contributed by atoms with Gasteiger partial charge in [0.15, 0.2) is 5.65 Å². The molecule has 3 N–H and O–H groups in total. The number of fused-ring (bicyclic) bond motifs is 1. The highest BCUT2D eigenvalue weighted by Crippen LogP contribution is 2.30. The van der Waals surface area contributed by atoms with Crippen LogP contribution in [0.15, 0.2) is 33.8 Å². The Morgan fingerprint density at radius 1 is 1.14 bits per heavy atom. The molecule has 11 heteroatoms. The van der Waals surface area contributed by atoms with Gasteiger partial charge >= 0.3 is 0 Å². The van der Waals surface area contributed by atoms with Crippen molar-refractivity contribution in [1.29, 1.82) is 0 Å². The lowest BCUT2D eigenvalue weighted by Crippen LogP contribution is -2.31. The number of primary sulfonamides is 1. The van der Waals surface area contributed by atoms with Gasteiger partial charge in [-0.15, -0.1) is 0 Å². The predicted octanol–water partition coefficient (Wildman–Crippen LogP) is 2.38. The van der Waals surface area contributed by atoms with E-state index in [-0.39, 0.29) is 4.90 Å². The Bertz CT molecular complexity index is 1140. The maximum absolute atomic E-state index is 11.4. The van der Waals surface area contributed by atoms with Crippen molar-refractivity contribution < 1.29 is 8.42 Å². The van der Waals surface area contributed by atoms with Gasteiger partial charge in [0.25, 0.3) is 0 Å². The minimum Gasteiger partial charge on any atom is -0.365 e. The van der Waals surface area contributed by atoms with Crippen molar-refractivity contribution in [2.45, 2.75) is 30.7 Å². The lowest BCUT2D eigenvalue weighted by molar-refractivity contribution is 0.568. The van der Waals surface area contributed by atoms with Gasteiger partial charge in [-0.25, -0.2) is 18.2 Å². The number of hydrogen-bond acceptors (Lipinski definition) is 7. The molecule has 0 radical (unpaired) electrons. The third kappa shape index (κ3) is 4.21. The second kappa shape index (κ2) is 7.88. The maximum atomic E-state index is 11.4. The van der Waals surface area contributed by atoms with Gasteiger partial charge in [0.1, 0.15) is 10.4 Å². The number of sulfonamides is 1. The quantitative estimate of drug-likeness (QED) is 0.576. The molecular weight excluding hydrogens is 458 g/mol. The van der Waals surface area contributed by atoms with Crippen LogP contribution in [-0.4, -0.2) is 41.3 Å². The van der Waals surface area contributed by atoms with Gasteiger partial charge in [-0.2, -0.15) is 15.1 Å². The minimum atomic E-state index is -3.70. The van der Waals surface area contributed by atoms with E-state index >= 15 is 0 Å². The van der Waals surface area contributed by atoms with Crippen molar-refractivity contribution in [3.63, 3.8) is 0 Å². The molecule has 3 aromatic rings. The zero-order valence-corrected chi connectivity index (χ0v) is 18.4. The van der Waals surface area contributed by atoms with Crippen LogP contribution in [0.1, 0.15) is 24.8 Å². The number of halogens is 1. The third-order valence-electron chi connectivity index (χ3n) is 4.98. The van der Waals surface area contributed by atoms with Gasteiger partial charge in [0.05, 0.1) is 10.3 Å². The minimum absolute atomic E-state index is 0.0908. The summed E-state index contributed by atoms with van der Waals surface area (Å²) in [5, 5.41) is 13.8. The fourth-order valence-corrected chi connectivity index (χ4v) is 4.56. The van der Waals surface area contributed by atoms with Crippen molar-refractivity contribution in [2.24, 2.45) is 12.2 Å². The van der Waals surface area contributed by atoms with E-state index in [0.717, 1.165) is 42.5 Å². The summed E-state index contributed by atoms with van der Waals surface area (Å²) in [6, 6.07) is 6.46. The molecule has 1 aromatic carbocycles. The molecule has 0 amide bonds. The number of piperidine rings is 1. The lowest BCUT2D eigenvalue weighted by Gasteiger charge is -2.27. The molecule has 1 fully saturated rings. The van der Waals surface area contributed by atoms with E-state index < -0.39 is 10.0 Å². The second-order valence-electron chi connectivity index (χ2n) is 7.08. The SMILES string of the molecule is Cn1nc(Br)c2c(NCc3ccc(S(N)(=O)=O)cc3)nc(N3CCCCC3)nc21. The van der Waals surface area contributed by atoms with Gasteiger partial charge in [-0.05, 0) is 52.9 Å². The van der Waals surface area contributed by atoms with E-state index in [2.05, 4.69) is 31.2 Å². The number of rotatable bonds is 5. The number of nitrogens with zero attached hydrogens (tertiary/aromatic N) is 5. The molecule has 0 bridgehead atoms. The standard InChI is InChI=1S/C18H22BrN7O2S/c1-25-17-14(15(19)24-25)16(22-18(23-17)26-9-3-2-4-10-26)21-11-12-5-7-13(8-6-12)29(20,27)28/h5-8H,2-4,9-11H2,1H3,(H2,20,27,28)(H,21,22,23). The van der Waals surface area contributed by atoms with Gasteiger partial charge < -0.3 is 10.2 Å². The molecule has 29 heavy (non-hydrogen) atoms. The van der Waals surface area contributed by atoms with Crippen LogP contribution in [-0.2, 0) is 23.6 Å². The second-order valence-corrected chi connectivity index (χ2v) is 9.39. The fourth-order valence-electron chi connectivity index (χ4n) is 3.44. The average Bonchev–Trinajstić information content (AvgIpc) is 3.00. The first-order chi connectivity index (χ1) is 13.8. The van der Waals surface area contributed by atoms with Crippen LogP contribution in [0.5, 0.6) is 0 Å². The Morgan fingerprint density at radius 2 is 1.83 bits per heavy atom. The smallest absolute Gasteiger partial charge is 0.238 e. The van der Waals surface area contributed by atoms with Gasteiger partial charge in [0, 0.05) is 26.7 Å². The summed E-state index contributed by atoms with van der Waals surface area (Å²) in [4.78, 5) is 11.8. The zero-order valence-electron chi connectivity index (χ0n) is 16.0. The number of nitrogens with two attached hydrogens (primary N) is 1. The largest absolute Gasteiger partial charge is 0.365 e. The Kier molecular flexibility index (Phi) is 5.45. The molecule has 0 spiro atoms. The number of hydrogen-bond donors (Lipinski definition) is 2. The summed E-state index contributed by atoms with van der Waals surface area (Å²) in [7, 11) is -1.84.